The average molecular weight is 205 g/mol. The van der Waals surface area contributed by atoms with E-state index in [4.69, 9.17) is 0 Å². The van der Waals surface area contributed by atoms with E-state index >= 15 is 0 Å². The summed E-state index contributed by atoms with van der Waals surface area (Å²) in [6.07, 6.45) is 5.74. The van der Waals surface area contributed by atoms with Crippen LogP contribution in [0.25, 0.3) is 0 Å². The molecule has 2 rings (SSSR count). The fraction of sp³-hybridized carbons (Fsp3) is 0.583. The number of hydrogen-bond donors (Lipinski definition) is 1. The van der Waals surface area contributed by atoms with Crippen LogP contribution in [0.5, 0.6) is 0 Å². The highest BCUT2D eigenvalue weighted by molar-refractivity contribution is 5.45. The Morgan fingerprint density at radius 1 is 1.47 bits per heavy atom. The highest BCUT2D eigenvalue weighted by Gasteiger charge is 2.22. The van der Waals surface area contributed by atoms with Gasteiger partial charge in [-0.2, -0.15) is 0 Å². The molecule has 0 unspecified atom stereocenters. The highest BCUT2D eigenvalue weighted by atomic mass is 15.1. The third-order valence-corrected chi connectivity index (χ3v) is 3.21. The van der Waals surface area contributed by atoms with Gasteiger partial charge >= 0.3 is 0 Å². The van der Waals surface area contributed by atoms with Crippen molar-refractivity contribution in [2.24, 2.45) is 0 Å². The summed E-state index contributed by atoms with van der Waals surface area (Å²) < 4.78 is 0. The van der Waals surface area contributed by atoms with Gasteiger partial charge in [-0.25, -0.2) is 4.98 Å². The van der Waals surface area contributed by atoms with Crippen LogP contribution >= 0.6 is 0 Å². The second-order valence-electron chi connectivity index (χ2n) is 4.18. The number of likely N-dealkylation sites (tertiary alicyclic amines) is 1. The third kappa shape index (κ3) is 2.12. The highest BCUT2D eigenvalue weighted by Crippen LogP contribution is 2.32. The van der Waals surface area contributed by atoms with Crippen LogP contribution in [0.3, 0.4) is 0 Å². The molecule has 0 aromatic carbocycles. The lowest BCUT2D eigenvalue weighted by Crippen LogP contribution is -2.30. The van der Waals surface area contributed by atoms with Gasteiger partial charge in [0.2, 0.25) is 0 Å². The SMILES string of the molecule is CNc1ncccc1[C@@H]1CCCCN1C. The largest absolute Gasteiger partial charge is 0.373 e. The third-order valence-electron chi connectivity index (χ3n) is 3.21. The van der Waals surface area contributed by atoms with Gasteiger partial charge < -0.3 is 5.32 Å². The molecule has 1 atom stereocenters. The lowest BCUT2D eigenvalue weighted by Gasteiger charge is -2.33. The summed E-state index contributed by atoms with van der Waals surface area (Å²) in [6.45, 7) is 1.20. The summed E-state index contributed by atoms with van der Waals surface area (Å²) in [5.74, 6) is 1.02. The molecule has 1 N–H and O–H groups in total. The van der Waals surface area contributed by atoms with Gasteiger partial charge in [-0.15, -0.1) is 0 Å². The van der Waals surface area contributed by atoms with Gasteiger partial charge in [0.1, 0.15) is 5.82 Å². The summed E-state index contributed by atoms with van der Waals surface area (Å²) >= 11 is 0. The predicted molar refractivity (Wildman–Crippen MR) is 63.0 cm³/mol. The molecule has 82 valence electrons. The van der Waals surface area contributed by atoms with E-state index in [0.29, 0.717) is 6.04 Å². The Hall–Kier alpha value is -1.09. The molecule has 2 heterocycles. The molecule has 0 bridgehead atoms. The maximum absolute atomic E-state index is 4.37. The molecule has 3 nitrogen and oxygen atoms in total. The first-order valence-corrected chi connectivity index (χ1v) is 5.66. The summed E-state index contributed by atoms with van der Waals surface area (Å²) in [5, 5.41) is 3.18. The number of nitrogens with zero attached hydrogens (tertiary/aromatic N) is 2. The van der Waals surface area contributed by atoms with Crippen molar-refractivity contribution in [1.29, 1.82) is 0 Å². The van der Waals surface area contributed by atoms with Gasteiger partial charge in [-0.3, -0.25) is 4.90 Å². The second kappa shape index (κ2) is 4.62. The topological polar surface area (TPSA) is 28.2 Å². The Kier molecular flexibility index (Phi) is 3.21. The minimum Gasteiger partial charge on any atom is -0.373 e. The Balaban J connectivity index is 2.26. The zero-order valence-electron chi connectivity index (χ0n) is 9.53. The van der Waals surface area contributed by atoms with E-state index in [0.717, 1.165) is 5.82 Å². The molecule has 0 amide bonds. The van der Waals surface area contributed by atoms with Gasteiger partial charge in [0.05, 0.1) is 0 Å². The van der Waals surface area contributed by atoms with E-state index in [1.54, 1.807) is 0 Å². The first-order chi connectivity index (χ1) is 7.33. The number of piperidine rings is 1. The number of hydrogen-bond acceptors (Lipinski definition) is 3. The van der Waals surface area contributed by atoms with Crippen molar-refractivity contribution in [1.82, 2.24) is 9.88 Å². The van der Waals surface area contributed by atoms with Crippen LogP contribution in [0, 0.1) is 0 Å². The minimum atomic E-state index is 0.537. The van der Waals surface area contributed by atoms with E-state index in [1.807, 2.05) is 19.3 Å². The van der Waals surface area contributed by atoms with E-state index in [9.17, 15) is 0 Å². The maximum atomic E-state index is 4.37. The molecule has 1 aliphatic heterocycles. The number of aromatic nitrogens is 1. The van der Waals surface area contributed by atoms with Gasteiger partial charge in [0, 0.05) is 24.8 Å². The van der Waals surface area contributed by atoms with Crippen molar-refractivity contribution >= 4 is 5.82 Å². The van der Waals surface area contributed by atoms with Crippen LogP contribution < -0.4 is 5.32 Å². The fourth-order valence-corrected chi connectivity index (χ4v) is 2.36. The van der Waals surface area contributed by atoms with Gasteiger partial charge in [-0.1, -0.05) is 12.5 Å². The molecule has 1 fully saturated rings. The number of rotatable bonds is 2. The Morgan fingerprint density at radius 2 is 2.33 bits per heavy atom. The van der Waals surface area contributed by atoms with E-state index < -0.39 is 0 Å². The molecule has 15 heavy (non-hydrogen) atoms. The van der Waals surface area contributed by atoms with E-state index in [2.05, 4.69) is 28.3 Å². The van der Waals surface area contributed by atoms with Crippen molar-refractivity contribution in [3.63, 3.8) is 0 Å². The maximum Gasteiger partial charge on any atom is 0.130 e. The Bertz CT molecular complexity index is 324. The molecular weight excluding hydrogens is 186 g/mol. The predicted octanol–water partition coefficient (Wildman–Crippen LogP) is 2.28. The normalized spacial score (nSPS) is 22.7. The fourth-order valence-electron chi connectivity index (χ4n) is 2.36. The van der Waals surface area contributed by atoms with Crippen LogP contribution in [0.15, 0.2) is 18.3 Å². The van der Waals surface area contributed by atoms with Crippen molar-refractivity contribution in [2.75, 3.05) is 26.0 Å². The molecule has 0 spiro atoms. The summed E-state index contributed by atoms with van der Waals surface area (Å²) in [4.78, 5) is 6.80. The monoisotopic (exact) mass is 205 g/mol. The van der Waals surface area contributed by atoms with Crippen molar-refractivity contribution in [3.8, 4) is 0 Å². The lowest BCUT2D eigenvalue weighted by atomic mass is 9.96. The average Bonchev–Trinajstić information content (AvgIpc) is 2.30. The smallest absolute Gasteiger partial charge is 0.130 e. The van der Waals surface area contributed by atoms with Crippen LogP contribution in [-0.2, 0) is 0 Å². The van der Waals surface area contributed by atoms with E-state index in [-0.39, 0.29) is 0 Å². The van der Waals surface area contributed by atoms with Crippen molar-refractivity contribution in [2.45, 2.75) is 25.3 Å². The molecule has 1 aliphatic rings. The molecule has 3 heteroatoms. The van der Waals surface area contributed by atoms with Gasteiger partial charge in [-0.05, 0) is 32.5 Å². The molecule has 0 radical (unpaired) electrons. The Morgan fingerprint density at radius 3 is 3.07 bits per heavy atom. The molecule has 1 aromatic rings. The molecule has 1 aromatic heterocycles. The minimum absolute atomic E-state index is 0.537. The van der Waals surface area contributed by atoms with Crippen LogP contribution in [0.1, 0.15) is 30.9 Å². The van der Waals surface area contributed by atoms with Crippen molar-refractivity contribution in [3.05, 3.63) is 23.9 Å². The van der Waals surface area contributed by atoms with E-state index in [1.165, 1.54) is 31.4 Å². The van der Waals surface area contributed by atoms with Crippen LogP contribution in [-0.4, -0.2) is 30.5 Å². The number of nitrogens with one attached hydrogen (secondary N) is 1. The van der Waals surface area contributed by atoms with Gasteiger partial charge in [0.25, 0.3) is 0 Å². The zero-order chi connectivity index (χ0) is 10.7. The Labute approximate surface area is 91.5 Å². The van der Waals surface area contributed by atoms with Crippen LogP contribution in [0.2, 0.25) is 0 Å². The standard InChI is InChI=1S/C12H19N3/c1-13-12-10(6-5-8-14-12)11-7-3-4-9-15(11)2/h5-6,8,11H,3-4,7,9H2,1-2H3,(H,13,14)/t11-/m0/s1. The lowest BCUT2D eigenvalue weighted by molar-refractivity contribution is 0.187. The number of anilines is 1. The first kappa shape index (κ1) is 10.4. The van der Waals surface area contributed by atoms with Gasteiger partial charge in [0.15, 0.2) is 0 Å². The summed E-state index contributed by atoms with van der Waals surface area (Å²) in [6, 6.07) is 4.75. The molecule has 0 saturated carbocycles. The van der Waals surface area contributed by atoms with Crippen molar-refractivity contribution < 1.29 is 0 Å². The first-order valence-electron chi connectivity index (χ1n) is 5.66. The summed E-state index contributed by atoms with van der Waals surface area (Å²) in [5.41, 5.74) is 1.34. The number of pyridine rings is 1. The quantitative estimate of drug-likeness (QED) is 0.803. The second-order valence-corrected chi connectivity index (χ2v) is 4.18. The molecular formula is C12H19N3. The van der Waals surface area contributed by atoms with Crippen LogP contribution in [0.4, 0.5) is 5.82 Å². The summed E-state index contributed by atoms with van der Waals surface area (Å²) in [7, 11) is 4.14. The molecule has 1 saturated heterocycles. The zero-order valence-corrected chi connectivity index (χ0v) is 9.53. The molecule has 0 aliphatic carbocycles.